The van der Waals surface area contributed by atoms with E-state index in [0.717, 1.165) is 0 Å². The fraction of sp³-hybridized carbons (Fsp3) is 0.0625. The second kappa shape index (κ2) is 5.77. The number of hydrogen-bond donors (Lipinski definition) is 2. The molecule has 2 aromatic rings. The predicted octanol–water partition coefficient (Wildman–Crippen LogP) is 1.94. The Balaban J connectivity index is 2.12. The van der Waals surface area contributed by atoms with Gasteiger partial charge in [-0.15, -0.1) is 0 Å². The number of nitrogens with one attached hydrogen (secondary N) is 2. The van der Waals surface area contributed by atoms with Crippen molar-refractivity contribution in [3.05, 3.63) is 53.8 Å². The summed E-state index contributed by atoms with van der Waals surface area (Å²) in [7, 11) is 0. The minimum atomic E-state index is -1.00. The minimum absolute atomic E-state index is 0.359. The van der Waals surface area contributed by atoms with Gasteiger partial charge in [0, 0.05) is 17.3 Å². The van der Waals surface area contributed by atoms with Crippen molar-refractivity contribution in [1.29, 1.82) is 0 Å². The first kappa shape index (κ1) is 13.9. The molecule has 0 aliphatic carbocycles. The second-order valence-electron chi connectivity index (χ2n) is 4.70. The summed E-state index contributed by atoms with van der Waals surface area (Å²) in [6.45, 7) is 0. The molecule has 0 radical (unpaired) electrons. The van der Waals surface area contributed by atoms with E-state index in [9.17, 15) is 14.0 Å². The van der Waals surface area contributed by atoms with Crippen molar-refractivity contribution in [2.45, 2.75) is 6.17 Å². The molecule has 0 saturated carbocycles. The third-order valence-corrected chi connectivity index (χ3v) is 3.35. The molecule has 0 fully saturated rings. The zero-order valence-electron chi connectivity index (χ0n) is 11.4. The van der Waals surface area contributed by atoms with Gasteiger partial charge < -0.3 is 10.6 Å². The maximum Gasteiger partial charge on any atom is 0.269 e. The Hall–Kier alpha value is -3.02. The highest BCUT2D eigenvalue weighted by atomic mass is 19.1. The van der Waals surface area contributed by atoms with Crippen molar-refractivity contribution in [3.8, 4) is 11.1 Å². The van der Waals surface area contributed by atoms with Crippen LogP contribution in [0.1, 0.15) is 5.56 Å². The Morgan fingerprint density at radius 1 is 1.14 bits per heavy atom. The lowest BCUT2D eigenvalue weighted by molar-refractivity contribution is -0.120. The molecule has 0 bridgehead atoms. The lowest BCUT2D eigenvalue weighted by Crippen LogP contribution is -2.37. The van der Waals surface area contributed by atoms with E-state index < -0.39 is 12.1 Å². The largest absolute Gasteiger partial charge is 0.329 e. The van der Waals surface area contributed by atoms with Gasteiger partial charge in [-0.3, -0.25) is 14.6 Å². The van der Waals surface area contributed by atoms with E-state index in [4.69, 9.17) is 0 Å². The molecule has 6 heteroatoms. The number of amides is 2. The van der Waals surface area contributed by atoms with Crippen LogP contribution in [-0.2, 0) is 9.59 Å². The van der Waals surface area contributed by atoms with Crippen LogP contribution in [0.5, 0.6) is 0 Å². The second-order valence-corrected chi connectivity index (χ2v) is 4.70. The van der Waals surface area contributed by atoms with E-state index >= 15 is 0 Å². The topological polar surface area (TPSA) is 70.6 Å². The van der Waals surface area contributed by atoms with Crippen LogP contribution in [0.3, 0.4) is 0 Å². The van der Waals surface area contributed by atoms with Crippen molar-refractivity contribution in [2.75, 3.05) is 5.32 Å². The number of benzodiazepines with no additional fused rings is 1. The van der Waals surface area contributed by atoms with E-state index in [1.165, 1.54) is 12.3 Å². The van der Waals surface area contributed by atoms with Crippen LogP contribution in [0.15, 0.2) is 47.5 Å². The number of anilines is 1. The number of rotatable bonds is 3. The Morgan fingerprint density at radius 3 is 2.68 bits per heavy atom. The van der Waals surface area contributed by atoms with Crippen LogP contribution in [0.4, 0.5) is 10.1 Å². The van der Waals surface area contributed by atoms with Crippen LogP contribution >= 0.6 is 0 Å². The van der Waals surface area contributed by atoms with E-state index in [0.29, 0.717) is 28.8 Å². The lowest BCUT2D eigenvalue weighted by Gasteiger charge is -2.12. The van der Waals surface area contributed by atoms with E-state index in [2.05, 4.69) is 15.6 Å². The number of halogens is 1. The molecular weight excluding hydrogens is 285 g/mol. The maximum atomic E-state index is 14.0. The normalized spacial score (nSPS) is 16.4. The molecule has 110 valence electrons. The average molecular weight is 297 g/mol. The first-order valence-corrected chi connectivity index (χ1v) is 6.62. The average Bonchev–Trinajstić information content (AvgIpc) is 2.67. The van der Waals surface area contributed by atoms with Crippen LogP contribution in [0.2, 0.25) is 0 Å². The van der Waals surface area contributed by atoms with Gasteiger partial charge in [0.25, 0.3) is 5.91 Å². The Labute approximate surface area is 125 Å². The monoisotopic (exact) mass is 297 g/mol. The van der Waals surface area contributed by atoms with Gasteiger partial charge >= 0.3 is 0 Å². The quantitative estimate of drug-likeness (QED) is 0.850. The smallest absolute Gasteiger partial charge is 0.269 e. The number of aliphatic imine (C=N–C) groups is 1. The number of carbonyl (C=O) groups excluding carboxylic acids is 2. The Bertz CT molecular complexity index is 774. The standard InChI is InChI=1S/C16H12FN3O2/c17-13-6-2-1-4-11(13)10-5-3-7-14-12(10)8-18-15(19-9-21)16(22)20-14/h1-9,15H,(H,19,21)(H,20,22). The molecule has 2 aromatic carbocycles. The Morgan fingerprint density at radius 2 is 1.91 bits per heavy atom. The highest BCUT2D eigenvalue weighted by Crippen LogP contribution is 2.30. The number of fused-ring (bicyclic) bond motifs is 1. The van der Waals surface area contributed by atoms with Gasteiger partial charge in [0.2, 0.25) is 12.6 Å². The first-order valence-electron chi connectivity index (χ1n) is 6.62. The summed E-state index contributed by atoms with van der Waals surface area (Å²) < 4.78 is 14.0. The summed E-state index contributed by atoms with van der Waals surface area (Å²) in [5, 5.41) is 4.99. The van der Waals surface area contributed by atoms with Crippen molar-refractivity contribution in [3.63, 3.8) is 0 Å². The SMILES string of the molecule is O=CNC1N=Cc2c(cccc2-c2ccccc2F)NC1=O. The van der Waals surface area contributed by atoms with Crippen molar-refractivity contribution < 1.29 is 14.0 Å². The predicted molar refractivity (Wildman–Crippen MR) is 81.0 cm³/mol. The van der Waals surface area contributed by atoms with Crippen LogP contribution in [-0.4, -0.2) is 24.7 Å². The first-order chi connectivity index (χ1) is 10.7. The highest BCUT2D eigenvalue weighted by molar-refractivity contribution is 6.07. The summed E-state index contributed by atoms with van der Waals surface area (Å²) in [6.07, 6.45) is 0.879. The minimum Gasteiger partial charge on any atom is -0.329 e. The summed E-state index contributed by atoms with van der Waals surface area (Å²) in [6, 6.07) is 11.6. The molecule has 22 heavy (non-hydrogen) atoms. The molecule has 1 unspecified atom stereocenters. The Kier molecular flexibility index (Phi) is 3.65. The third-order valence-electron chi connectivity index (χ3n) is 3.35. The van der Waals surface area contributed by atoms with Gasteiger partial charge in [-0.2, -0.15) is 0 Å². The van der Waals surface area contributed by atoms with E-state index in [1.54, 1.807) is 36.4 Å². The van der Waals surface area contributed by atoms with Crippen LogP contribution in [0, 0.1) is 5.82 Å². The molecule has 1 heterocycles. The molecule has 1 aliphatic heterocycles. The third kappa shape index (κ3) is 2.46. The lowest BCUT2D eigenvalue weighted by atomic mass is 9.98. The van der Waals surface area contributed by atoms with Crippen molar-refractivity contribution in [1.82, 2.24) is 5.32 Å². The van der Waals surface area contributed by atoms with Crippen LogP contribution < -0.4 is 10.6 Å². The molecule has 3 rings (SSSR count). The summed E-state index contributed by atoms with van der Waals surface area (Å²) >= 11 is 0. The van der Waals surface area contributed by atoms with Gasteiger partial charge in [-0.1, -0.05) is 30.3 Å². The summed E-state index contributed by atoms with van der Waals surface area (Å²) in [4.78, 5) is 26.5. The fourth-order valence-electron chi connectivity index (χ4n) is 2.33. The molecule has 0 saturated heterocycles. The van der Waals surface area contributed by atoms with Crippen molar-refractivity contribution >= 4 is 24.2 Å². The van der Waals surface area contributed by atoms with Gasteiger partial charge in [-0.25, -0.2) is 4.39 Å². The molecule has 5 nitrogen and oxygen atoms in total. The van der Waals surface area contributed by atoms with Gasteiger partial charge in [0.05, 0.1) is 5.69 Å². The molecule has 1 atom stereocenters. The maximum absolute atomic E-state index is 14.0. The highest BCUT2D eigenvalue weighted by Gasteiger charge is 2.22. The molecular formula is C16H12FN3O2. The summed E-state index contributed by atoms with van der Waals surface area (Å²) in [5.41, 5.74) is 2.15. The fourth-order valence-corrected chi connectivity index (χ4v) is 2.33. The van der Waals surface area contributed by atoms with Crippen molar-refractivity contribution in [2.24, 2.45) is 4.99 Å². The zero-order chi connectivity index (χ0) is 15.5. The number of carbonyl (C=O) groups is 2. The molecule has 2 amide bonds. The van der Waals surface area contributed by atoms with Gasteiger partial charge in [0.1, 0.15) is 5.82 Å². The van der Waals surface area contributed by atoms with Crippen LogP contribution in [0.25, 0.3) is 11.1 Å². The van der Waals surface area contributed by atoms with Gasteiger partial charge in [-0.05, 0) is 17.7 Å². The molecule has 0 spiro atoms. The number of hydrogen-bond acceptors (Lipinski definition) is 3. The molecule has 0 aromatic heterocycles. The van der Waals surface area contributed by atoms with E-state index in [-0.39, 0.29) is 5.82 Å². The summed E-state index contributed by atoms with van der Waals surface area (Å²) in [5.74, 6) is -0.810. The number of nitrogens with zero attached hydrogens (tertiary/aromatic N) is 1. The zero-order valence-corrected chi connectivity index (χ0v) is 11.4. The molecule has 1 aliphatic rings. The number of benzene rings is 2. The van der Waals surface area contributed by atoms with E-state index in [1.807, 2.05) is 0 Å². The molecule has 2 N–H and O–H groups in total. The van der Waals surface area contributed by atoms with Gasteiger partial charge in [0.15, 0.2) is 0 Å².